The van der Waals surface area contributed by atoms with E-state index in [0.717, 1.165) is 17.5 Å². The van der Waals surface area contributed by atoms with Gasteiger partial charge in [-0.25, -0.2) is 0 Å². The molecule has 0 unspecified atom stereocenters. The van der Waals surface area contributed by atoms with Crippen LogP contribution in [0.5, 0.6) is 0 Å². The fourth-order valence-corrected chi connectivity index (χ4v) is 7.06. The van der Waals surface area contributed by atoms with E-state index in [1.807, 2.05) is 12.1 Å². The van der Waals surface area contributed by atoms with Crippen LogP contribution in [0.2, 0.25) is 0 Å². The zero-order valence-corrected chi connectivity index (χ0v) is 18.2. The minimum atomic E-state index is -0.434. The van der Waals surface area contributed by atoms with E-state index in [2.05, 4.69) is 31.9 Å². The molecule has 3 fully saturated rings. The van der Waals surface area contributed by atoms with Gasteiger partial charge in [-0.3, -0.25) is 24.6 Å². The second-order valence-electron chi connectivity index (χ2n) is 7.87. The van der Waals surface area contributed by atoms with Crippen LogP contribution in [0.4, 0.5) is 11.4 Å². The number of halogens is 2. The minimum Gasteiger partial charge on any atom is -0.274 e. The molecule has 2 aliphatic carbocycles. The van der Waals surface area contributed by atoms with E-state index in [1.165, 1.54) is 17.0 Å². The number of benzene rings is 2. The van der Waals surface area contributed by atoms with Gasteiger partial charge in [-0.1, -0.05) is 44.0 Å². The number of nitro groups is 1. The van der Waals surface area contributed by atoms with Crippen molar-refractivity contribution in [3.05, 3.63) is 58.6 Å². The number of fused-ring (bicyclic) bond motifs is 5. The lowest BCUT2D eigenvalue weighted by Crippen LogP contribution is -2.37. The highest BCUT2D eigenvalue weighted by atomic mass is 79.9. The lowest BCUT2D eigenvalue weighted by molar-refractivity contribution is -0.384. The molecule has 2 amide bonds. The molecule has 6 nitrogen and oxygen atoms in total. The Bertz CT molecular complexity index is 992. The summed E-state index contributed by atoms with van der Waals surface area (Å²) in [5.74, 6) is -0.288. The van der Waals surface area contributed by atoms with E-state index in [-0.39, 0.29) is 50.8 Å². The third kappa shape index (κ3) is 2.72. The Kier molecular flexibility index (Phi) is 4.40. The Morgan fingerprint density at radius 2 is 1.28 bits per heavy atom. The van der Waals surface area contributed by atoms with Crippen molar-refractivity contribution in [1.82, 2.24) is 0 Å². The van der Waals surface area contributed by atoms with Gasteiger partial charge in [0.15, 0.2) is 0 Å². The molecule has 0 aromatic heterocycles. The number of carbonyl (C=O) groups is 2. The standard InChI is InChI=1S/C21H16Br2N2O4/c22-18-14-9-15(19(18)23)17-16(14)20(26)24(21(17)27)12-5-1-10(2-6-12)11-3-7-13(8-4-11)25(28)29/h1-8,14-19H,9H2/t14-,15-,16-,17-,18-,19+/m0/s1. The minimum absolute atomic E-state index is 0.0370. The van der Waals surface area contributed by atoms with Gasteiger partial charge >= 0.3 is 0 Å². The topological polar surface area (TPSA) is 80.5 Å². The molecule has 1 heterocycles. The molecule has 3 aliphatic rings. The van der Waals surface area contributed by atoms with E-state index in [4.69, 9.17) is 0 Å². The summed E-state index contributed by atoms with van der Waals surface area (Å²) in [5, 5.41) is 10.8. The van der Waals surface area contributed by atoms with E-state index >= 15 is 0 Å². The number of rotatable bonds is 3. The molecular weight excluding hydrogens is 504 g/mol. The average Bonchev–Trinajstić information content (AvgIpc) is 3.33. The summed E-state index contributed by atoms with van der Waals surface area (Å²) in [7, 11) is 0. The predicted octanol–water partition coefficient (Wildman–Crippen LogP) is 4.54. The molecule has 0 N–H and O–H groups in total. The Hall–Kier alpha value is -2.06. The third-order valence-corrected chi connectivity index (χ3v) is 9.73. The van der Waals surface area contributed by atoms with Crippen molar-refractivity contribution in [2.24, 2.45) is 23.7 Å². The summed E-state index contributed by atoms with van der Waals surface area (Å²) in [4.78, 5) is 38.4. The number of amides is 2. The summed E-state index contributed by atoms with van der Waals surface area (Å²) in [6.45, 7) is 0. The number of nitro benzene ring substituents is 1. The molecule has 6 atom stereocenters. The Balaban J connectivity index is 1.41. The van der Waals surface area contributed by atoms with Crippen LogP contribution in [0.15, 0.2) is 48.5 Å². The van der Waals surface area contributed by atoms with Gasteiger partial charge in [0.1, 0.15) is 0 Å². The number of nitrogens with zero attached hydrogens (tertiary/aromatic N) is 2. The summed E-state index contributed by atoms with van der Waals surface area (Å²) in [5.41, 5.74) is 2.32. The first-order valence-corrected chi connectivity index (χ1v) is 11.2. The number of non-ortho nitro benzene ring substituents is 1. The largest absolute Gasteiger partial charge is 0.274 e. The third-order valence-electron chi connectivity index (χ3n) is 6.52. The summed E-state index contributed by atoms with van der Waals surface area (Å²) in [6.07, 6.45) is 0.908. The van der Waals surface area contributed by atoms with Crippen molar-refractivity contribution < 1.29 is 14.5 Å². The fourth-order valence-electron chi connectivity index (χ4n) is 5.18. The maximum atomic E-state index is 13.1. The summed E-state index contributed by atoms with van der Waals surface area (Å²) in [6, 6.07) is 13.5. The van der Waals surface area contributed by atoms with Crippen LogP contribution >= 0.6 is 31.9 Å². The van der Waals surface area contributed by atoms with Crippen molar-refractivity contribution in [3.63, 3.8) is 0 Å². The van der Waals surface area contributed by atoms with Gasteiger partial charge in [-0.05, 0) is 53.6 Å². The predicted molar refractivity (Wildman–Crippen MR) is 115 cm³/mol. The second-order valence-corrected chi connectivity index (χ2v) is 9.98. The smallest absolute Gasteiger partial charge is 0.269 e. The molecule has 2 aromatic carbocycles. The zero-order valence-electron chi connectivity index (χ0n) is 15.1. The van der Waals surface area contributed by atoms with Crippen LogP contribution in [-0.2, 0) is 9.59 Å². The quantitative estimate of drug-likeness (QED) is 0.258. The molecule has 2 bridgehead atoms. The zero-order chi connectivity index (χ0) is 20.4. The second kappa shape index (κ2) is 6.74. The molecule has 1 saturated heterocycles. The summed E-state index contributed by atoms with van der Waals surface area (Å²) < 4.78 is 0. The molecule has 5 rings (SSSR count). The van der Waals surface area contributed by atoms with E-state index in [1.54, 1.807) is 24.3 Å². The maximum absolute atomic E-state index is 13.1. The van der Waals surface area contributed by atoms with Crippen LogP contribution in [-0.4, -0.2) is 26.4 Å². The van der Waals surface area contributed by atoms with E-state index in [0.29, 0.717) is 5.69 Å². The lowest BCUT2D eigenvalue weighted by Gasteiger charge is -2.28. The van der Waals surface area contributed by atoms with Crippen molar-refractivity contribution in [1.29, 1.82) is 0 Å². The number of alkyl halides is 2. The van der Waals surface area contributed by atoms with Crippen LogP contribution < -0.4 is 4.90 Å². The fraction of sp³-hybridized carbons (Fsp3) is 0.333. The highest BCUT2D eigenvalue weighted by molar-refractivity contribution is 9.12. The number of carbonyl (C=O) groups excluding carboxylic acids is 2. The molecule has 0 spiro atoms. The maximum Gasteiger partial charge on any atom is 0.269 e. The van der Waals surface area contributed by atoms with Crippen LogP contribution in [0, 0.1) is 33.8 Å². The normalized spacial score (nSPS) is 32.7. The van der Waals surface area contributed by atoms with Gasteiger partial charge in [-0.15, -0.1) is 0 Å². The van der Waals surface area contributed by atoms with E-state index < -0.39 is 4.92 Å². The van der Waals surface area contributed by atoms with Crippen molar-refractivity contribution in [3.8, 4) is 11.1 Å². The summed E-state index contributed by atoms with van der Waals surface area (Å²) >= 11 is 7.40. The average molecular weight is 520 g/mol. The molecule has 1 aliphatic heterocycles. The molecule has 29 heavy (non-hydrogen) atoms. The van der Waals surface area contributed by atoms with Crippen LogP contribution in [0.1, 0.15) is 6.42 Å². The van der Waals surface area contributed by atoms with Gasteiger partial charge in [0.05, 0.1) is 22.4 Å². The Morgan fingerprint density at radius 1 is 0.828 bits per heavy atom. The molecule has 0 radical (unpaired) electrons. The SMILES string of the molecule is O=C1[C@H]2[C@@H]3C[C@H]([C@@H](Br)[C@H]3Br)[C@@H]2C(=O)N1c1ccc(-c2ccc([N+](=O)[O-])cc2)cc1. The monoisotopic (exact) mass is 518 g/mol. The molecule has 8 heteroatoms. The number of hydrogen-bond acceptors (Lipinski definition) is 4. The van der Waals surface area contributed by atoms with Gasteiger partial charge in [0.25, 0.3) is 5.69 Å². The van der Waals surface area contributed by atoms with Crippen molar-refractivity contribution >= 4 is 55.0 Å². The first-order chi connectivity index (χ1) is 13.9. The number of hydrogen-bond donors (Lipinski definition) is 0. The Morgan fingerprint density at radius 3 is 1.72 bits per heavy atom. The van der Waals surface area contributed by atoms with E-state index in [9.17, 15) is 19.7 Å². The van der Waals surface area contributed by atoms with Crippen molar-refractivity contribution in [2.75, 3.05) is 4.90 Å². The van der Waals surface area contributed by atoms with Gasteiger partial charge in [-0.2, -0.15) is 0 Å². The molecular formula is C21H16Br2N2O4. The Labute approximate surface area is 183 Å². The lowest BCUT2D eigenvalue weighted by atomic mass is 9.81. The highest BCUT2D eigenvalue weighted by Gasteiger charge is 2.66. The number of imide groups is 1. The molecule has 2 aromatic rings. The van der Waals surface area contributed by atoms with Gasteiger partial charge in [0, 0.05) is 21.8 Å². The van der Waals surface area contributed by atoms with Crippen LogP contribution in [0.25, 0.3) is 11.1 Å². The highest BCUT2D eigenvalue weighted by Crippen LogP contribution is 2.60. The van der Waals surface area contributed by atoms with Gasteiger partial charge < -0.3 is 0 Å². The van der Waals surface area contributed by atoms with Crippen molar-refractivity contribution in [2.45, 2.75) is 16.1 Å². The van der Waals surface area contributed by atoms with Crippen LogP contribution in [0.3, 0.4) is 0 Å². The molecule has 148 valence electrons. The molecule has 2 saturated carbocycles. The van der Waals surface area contributed by atoms with Gasteiger partial charge in [0.2, 0.25) is 11.8 Å². The number of anilines is 1. The first kappa shape index (κ1) is 18.9. The first-order valence-electron chi connectivity index (χ1n) is 9.39.